The fourth-order valence-corrected chi connectivity index (χ4v) is 4.96. The molecule has 164 valence electrons. The number of amides is 1. The number of imidazole rings is 1. The molecule has 4 aromatic rings. The van der Waals surface area contributed by atoms with Crippen LogP contribution in [0.4, 0.5) is 0 Å². The van der Waals surface area contributed by atoms with Crippen molar-refractivity contribution in [1.29, 1.82) is 0 Å². The molecule has 0 aromatic carbocycles. The average molecular weight is 447 g/mol. The predicted octanol–water partition coefficient (Wildman–Crippen LogP) is 3.36. The zero-order valence-corrected chi connectivity index (χ0v) is 19.2. The Hall–Kier alpha value is -3.10. The molecule has 8 heteroatoms. The van der Waals surface area contributed by atoms with E-state index in [1.807, 2.05) is 22.4 Å². The van der Waals surface area contributed by atoms with Gasteiger partial charge in [0.05, 0.1) is 23.5 Å². The van der Waals surface area contributed by atoms with Crippen molar-refractivity contribution in [2.24, 2.45) is 0 Å². The van der Waals surface area contributed by atoms with E-state index in [-0.39, 0.29) is 5.91 Å². The monoisotopic (exact) mass is 446 g/mol. The highest BCUT2D eigenvalue weighted by atomic mass is 32.1. The number of nitrogens with zero attached hydrogens (tertiary/aromatic N) is 6. The Morgan fingerprint density at radius 1 is 1.12 bits per heavy atom. The number of hydrogen-bond acceptors (Lipinski definition) is 6. The van der Waals surface area contributed by atoms with Crippen LogP contribution in [0, 0.1) is 13.8 Å². The number of rotatable bonds is 5. The lowest BCUT2D eigenvalue weighted by molar-refractivity contribution is -0.132. The Morgan fingerprint density at radius 3 is 2.75 bits per heavy atom. The van der Waals surface area contributed by atoms with Crippen LogP contribution in [-0.4, -0.2) is 61.2 Å². The van der Waals surface area contributed by atoms with E-state index in [4.69, 9.17) is 4.98 Å². The quantitative estimate of drug-likeness (QED) is 0.470. The molecular formula is C24H26N6OS. The van der Waals surface area contributed by atoms with Crippen LogP contribution in [0.5, 0.6) is 0 Å². The standard InChI is InChI=1S/C24H26N6OS/c1-17-5-7-30-21(18(2)26-22(30)12-17)15-28-8-10-29(11-9-28)23(31)13-20-16-32-24(27-20)19-4-3-6-25-14-19/h3-7,12,14,16H,8-11,13,15H2,1-2H3. The van der Waals surface area contributed by atoms with Gasteiger partial charge >= 0.3 is 0 Å². The van der Waals surface area contributed by atoms with Gasteiger partial charge in [0.15, 0.2) is 0 Å². The van der Waals surface area contributed by atoms with E-state index in [1.54, 1.807) is 23.7 Å². The van der Waals surface area contributed by atoms with Gasteiger partial charge in [0, 0.05) is 62.3 Å². The maximum atomic E-state index is 12.8. The fourth-order valence-electron chi connectivity index (χ4n) is 4.15. The molecule has 0 unspecified atom stereocenters. The highest BCUT2D eigenvalue weighted by Gasteiger charge is 2.23. The van der Waals surface area contributed by atoms with Gasteiger partial charge in [-0.15, -0.1) is 11.3 Å². The Balaban J connectivity index is 1.18. The Morgan fingerprint density at radius 2 is 1.97 bits per heavy atom. The first-order valence-corrected chi connectivity index (χ1v) is 11.7. The van der Waals surface area contributed by atoms with E-state index in [9.17, 15) is 4.79 Å². The Labute approximate surface area is 191 Å². The largest absolute Gasteiger partial charge is 0.340 e. The maximum absolute atomic E-state index is 12.8. The topological polar surface area (TPSA) is 66.6 Å². The molecule has 0 aliphatic carbocycles. The fraction of sp³-hybridized carbons (Fsp3) is 0.333. The highest BCUT2D eigenvalue weighted by Crippen LogP contribution is 2.23. The predicted molar refractivity (Wildman–Crippen MR) is 126 cm³/mol. The van der Waals surface area contributed by atoms with Crippen LogP contribution in [0.25, 0.3) is 16.2 Å². The van der Waals surface area contributed by atoms with Crippen molar-refractivity contribution in [3.8, 4) is 10.6 Å². The van der Waals surface area contributed by atoms with E-state index >= 15 is 0 Å². The van der Waals surface area contributed by atoms with Crippen LogP contribution >= 0.6 is 11.3 Å². The van der Waals surface area contributed by atoms with Crippen LogP contribution in [0.2, 0.25) is 0 Å². The number of thiazole rings is 1. The second kappa shape index (κ2) is 8.80. The first-order chi connectivity index (χ1) is 15.6. The summed E-state index contributed by atoms with van der Waals surface area (Å²) in [5.41, 5.74) is 6.34. The first kappa shape index (κ1) is 20.8. The molecular weight excluding hydrogens is 420 g/mol. The second-order valence-corrected chi connectivity index (χ2v) is 9.15. The zero-order valence-electron chi connectivity index (χ0n) is 18.4. The number of hydrogen-bond donors (Lipinski definition) is 0. The van der Waals surface area contributed by atoms with E-state index < -0.39 is 0 Å². The molecule has 1 saturated heterocycles. The summed E-state index contributed by atoms with van der Waals surface area (Å²) in [6.45, 7) is 8.22. The number of piperazine rings is 1. The molecule has 0 saturated carbocycles. The number of fused-ring (bicyclic) bond motifs is 1. The lowest BCUT2D eigenvalue weighted by Gasteiger charge is -2.34. The van der Waals surface area contributed by atoms with Gasteiger partial charge < -0.3 is 9.30 Å². The van der Waals surface area contributed by atoms with Crippen LogP contribution < -0.4 is 0 Å². The van der Waals surface area contributed by atoms with Gasteiger partial charge in [-0.1, -0.05) is 0 Å². The van der Waals surface area contributed by atoms with E-state index in [0.717, 1.165) is 60.3 Å². The minimum absolute atomic E-state index is 0.147. The summed E-state index contributed by atoms with van der Waals surface area (Å²) in [7, 11) is 0. The van der Waals surface area contributed by atoms with Gasteiger partial charge in [0.2, 0.25) is 5.91 Å². The lowest BCUT2D eigenvalue weighted by Crippen LogP contribution is -2.48. The molecule has 7 nitrogen and oxygen atoms in total. The third kappa shape index (κ3) is 4.28. The van der Waals surface area contributed by atoms with Gasteiger partial charge in [-0.05, 0) is 43.7 Å². The summed E-state index contributed by atoms with van der Waals surface area (Å²) in [4.78, 5) is 30.7. The smallest absolute Gasteiger partial charge is 0.228 e. The maximum Gasteiger partial charge on any atom is 0.228 e. The van der Waals surface area contributed by atoms with Gasteiger partial charge in [-0.2, -0.15) is 0 Å². The zero-order chi connectivity index (χ0) is 22.1. The number of aryl methyl sites for hydroxylation is 2. The van der Waals surface area contributed by atoms with Crippen molar-refractivity contribution in [1.82, 2.24) is 29.2 Å². The molecule has 1 amide bonds. The van der Waals surface area contributed by atoms with Crippen molar-refractivity contribution >= 4 is 22.9 Å². The number of carbonyl (C=O) groups is 1. The number of aromatic nitrogens is 4. The molecule has 32 heavy (non-hydrogen) atoms. The normalized spacial score (nSPS) is 14.9. The van der Waals surface area contributed by atoms with Crippen LogP contribution in [-0.2, 0) is 17.8 Å². The minimum Gasteiger partial charge on any atom is -0.340 e. The lowest BCUT2D eigenvalue weighted by atomic mass is 10.2. The molecule has 5 heterocycles. The summed E-state index contributed by atoms with van der Waals surface area (Å²) in [6.07, 6.45) is 6.01. The summed E-state index contributed by atoms with van der Waals surface area (Å²) < 4.78 is 2.18. The van der Waals surface area contributed by atoms with Crippen molar-refractivity contribution < 1.29 is 4.79 Å². The molecule has 0 radical (unpaired) electrons. The van der Waals surface area contributed by atoms with Crippen LogP contribution in [0.1, 0.15) is 22.6 Å². The first-order valence-electron chi connectivity index (χ1n) is 10.9. The van der Waals surface area contributed by atoms with E-state index in [0.29, 0.717) is 6.42 Å². The Bertz CT molecular complexity index is 1240. The van der Waals surface area contributed by atoms with Crippen molar-refractivity contribution in [3.05, 3.63) is 70.9 Å². The van der Waals surface area contributed by atoms with E-state index in [1.165, 1.54) is 11.3 Å². The summed E-state index contributed by atoms with van der Waals surface area (Å²) in [5.74, 6) is 0.147. The molecule has 0 atom stereocenters. The van der Waals surface area contributed by atoms with Crippen LogP contribution in [0.15, 0.2) is 48.2 Å². The molecule has 4 aromatic heterocycles. The molecule has 1 aliphatic rings. The van der Waals surface area contributed by atoms with Crippen molar-refractivity contribution in [3.63, 3.8) is 0 Å². The minimum atomic E-state index is 0.147. The number of pyridine rings is 2. The number of carbonyl (C=O) groups excluding carboxylic acids is 1. The molecule has 1 aliphatic heterocycles. The molecule has 0 bridgehead atoms. The highest BCUT2D eigenvalue weighted by molar-refractivity contribution is 7.13. The summed E-state index contributed by atoms with van der Waals surface area (Å²) >= 11 is 1.56. The van der Waals surface area contributed by atoms with Crippen LogP contribution in [0.3, 0.4) is 0 Å². The third-order valence-corrected chi connectivity index (χ3v) is 6.91. The molecule has 0 spiro atoms. The third-order valence-electron chi connectivity index (χ3n) is 5.97. The Kier molecular flexibility index (Phi) is 5.71. The summed E-state index contributed by atoms with van der Waals surface area (Å²) in [5, 5.41) is 2.88. The molecule has 1 fully saturated rings. The van der Waals surface area contributed by atoms with Gasteiger partial charge in [0.25, 0.3) is 0 Å². The van der Waals surface area contributed by atoms with E-state index in [2.05, 4.69) is 51.4 Å². The molecule has 5 rings (SSSR count). The average Bonchev–Trinajstić information content (AvgIpc) is 3.39. The van der Waals surface area contributed by atoms with Gasteiger partial charge in [0.1, 0.15) is 10.7 Å². The second-order valence-electron chi connectivity index (χ2n) is 8.30. The van der Waals surface area contributed by atoms with Gasteiger partial charge in [-0.25, -0.2) is 9.97 Å². The molecule has 0 N–H and O–H groups in total. The van der Waals surface area contributed by atoms with Gasteiger partial charge in [-0.3, -0.25) is 14.7 Å². The van der Waals surface area contributed by atoms with Crippen molar-refractivity contribution in [2.45, 2.75) is 26.8 Å². The van der Waals surface area contributed by atoms with Crippen molar-refractivity contribution in [2.75, 3.05) is 26.2 Å². The summed E-state index contributed by atoms with van der Waals surface area (Å²) in [6, 6.07) is 8.12. The SMILES string of the molecule is Cc1ccn2c(CN3CCN(C(=O)Cc4csc(-c5cccnc5)n4)CC3)c(C)nc2c1.